The van der Waals surface area contributed by atoms with Gasteiger partial charge in [0.05, 0.1) is 6.61 Å². The Morgan fingerprint density at radius 1 is 1.16 bits per heavy atom. The van der Waals surface area contributed by atoms with E-state index in [1.165, 1.54) is 22.0 Å². The van der Waals surface area contributed by atoms with Gasteiger partial charge in [-0.15, -0.1) is 0 Å². The van der Waals surface area contributed by atoms with Crippen LogP contribution in [-0.2, 0) is 14.9 Å². The Kier molecular flexibility index (Phi) is 5.03. The molecule has 0 spiro atoms. The van der Waals surface area contributed by atoms with Crippen LogP contribution in [-0.4, -0.2) is 25.2 Å². The number of fused-ring (bicyclic) bond motifs is 3. The number of likely N-dealkylation sites (N-methyl/N-ethyl adjacent to an activating group) is 1. The standard InChI is InChI=1S/C22H29NO2/c1-5-23-18-15-14-16-10-7-8-11-17(16)21(18)22(3,4)19(23)12-9-13-20(24)25-6-2/h7-8,10-11,14-15,19H,5-6,9,12-13H2,1-4H3. The molecule has 0 aromatic heterocycles. The first-order valence-electron chi connectivity index (χ1n) is 9.45. The number of esters is 1. The van der Waals surface area contributed by atoms with Gasteiger partial charge in [-0.2, -0.15) is 0 Å². The predicted molar refractivity (Wildman–Crippen MR) is 104 cm³/mol. The van der Waals surface area contributed by atoms with Crippen LogP contribution in [0.15, 0.2) is 36.4 Å². The minimum Gasteiger partial charge on any atom is -0.466 e. The lowest BCUT2D eigenvalue weighted by Crippen LogP contribution is -2.41. The molecule has 2 aromatic carbocycles. The Morgan fingerprint density at radius 3 is 2.64 bits per heavy atom. The summed E-state index contributed by atoms with van der Waals surface area (Å²) in [6, 6.07) is 13.6. The summed E-state index contributed by atoms with van der Waals surface area (Å²) >= 11 is 0. The maximum atomic E-state index is 11.7. The van der Waals surface area contributed by atoms with Gasteiger partial charge in [-0.25, -0.2) is 0 Å². The number of nitrogens with zero attached hydrogens (tertiary/aromatic N) is 1. The normalized spacial score (nSPS) is 18.4. The topological polar surface area (TPSA) is 29.5 Å². The van der Waals surface area contributed by atoms with Crippen molar-refractivity contribution in [2.24, 2.45) is 0 Å². The SMILES string of the molecule is CCOC(=O)CCCC1N(CC)c2ccc3ccccc3c2C1(C)C. The lowest BCUT2D eigenvalue weighted by atomic mass is 9.76. The van der Waals surface area contributed by atoms with Crippen LogP contribution in [0, 0.1) is 0 Å². The molecule has 25 heavy (non-hydrogen) atoms. The van der Waals surface area contributed by atoms with Crippen molar-refractivity contribution in [1.29, 1.82) is 0 Å². The van der Waals surface area contributed by atoms with Gasteiger partial charge in [-0.3, -0.25) is 4.79 Å². The van der Waals surface area contributed by atoms with Crippen LogP contribution in [0.25, 0.3) is 10.8 Å². The highest BCUT2D eigenvalue weighted by molar-refractivity contribution is 5.93. The van der Waals surface area contributed by atoms with E-state index < -0.39 is 0 Å². The Hall–Kier alpha value is -2.03. The molecule has 0 saturated heterocycles. The number of benzene rings is 2. The molecule has 3 nitrogen and oxygen atoms in total. The average molecular weight is 339 g/mol. The fourth-order valence-corrected chi connectivity index (χ4v) is 4.48. The molecule has 134 valence electrons. The molecule has 1 aliphatic rings. The van der Waals surface area contributed by atoms with Crippen molar-refractivity contribution in [3.63, 3.8) is 0 Å². The largest absolute Gasteiger partial charge is 0.466 e. The third-order valence-corrected chi connectivity index (χ3v) is 5.57. The zero-order chi connectivity index (χ0) is 18.0. The summed E-state index contributed by atoms with van der Waals surface area (Å²) in [5.41, 5.74) is 2.86. The second-order valence-corrected chi connectivity index (χ2v) is 7.40. The van der Waals surface area contributed by atoms with E-state index in [9.17, 15) is 4.79 Å². The molecule has 1 heterocycles. The van der Waals surface area contributed by atoms with Crippen LogP contribution in [0.1, 0.15) is 52.5 Å². The number of carbonyl (C=O) groups excluding carboxylic acids is 1. The summed E-state index contributed by atoms with van der Waals surface area (Å²) in [5, 5.41) is 2.66. The van der Waals surface area contributed by atoms with E-state index in [2.05, 4.69) is 62.1 Å². The first-order chi connectivity index (χ1) is 12.0. The number of carbonyl (C=O) groups is 1. The van der Waals surface area contributed by atoms with Crippen LogP contribution in [0.4, 0.5) is 5.69 Å². The van der Waals surface area contributed by atoms with Gasteiger partial charge in [-0.05, 0) is 49.1 Å². The second-order valence-electron chi connectivity index (χ2n) is 7.40. The van der Waals surface area contributed by atoms with Gasteiger partial charge in [0.25, 0.3) is 0 Å². The van der Waals surface area contributed by atoms with Gasteiger partial charge in [0, 0.05) is 30.1 Å². The van der Waals surface area contributed by atoms with E-state index in [-0.39, 0.29) is 11.4 Å². The van der Waals surface area contributed by atoms with Crippen LogP contribution >= 0.6 is 0 Å². The number of ether oxygens (including phenoxy) is 1. The van der Waals surface area contributed by atoms with E-state index in [4.69, 9.17) is 4.74 Å². The van der Waals surface area contributed by atoms with Crippen molar-refractivity contribution < 1.29 is 9.53 Å². The van der Waals surface area contributed by atoms with E-state index in [0.717, 1.165) is 19.4 Å². The molecule has 0 aliphatic carbocycles. The highest BCUT2D eigenvalue weighted by atomic mass is 16.5. The van der Waals surface area contributed by atoms with Gasteiger partial charge in [-0.1, -0.05) is 44.2 Å². The molecule has 1 aliphatic heterocycles. The smallest absolute Gasteiger partial charge is 0.305 e. The van der Waals surface area contributed by atoms with Gasteiger partial charge < -0.3 is 9.64 Å². The molecule has 0 amide bonds. The minimum absolute atomic E-state index is 0.0564. The molecule has 0 bridgehead atoms. The van der Waals surface area contributed by atoms with Crippen molar-refractivity contribution in [2.75, 3.05) is 18.1 Å². The Bertz CT molecular complexity index is 766. The molecular formula is C22H29NO2. The molecule has 2 aromatic rings. The molecular weight excluding hydrogens is 310 g/mol. The average Bonchev–Trinajstić information content (AvgIpc) is 2.82. The molecule has 3 heteroatoms. The van der Waals surface area contributed by atoms with E-state index in [1.807, 2.05) is 6.92 Å². The van der Waals surface area contributed by atoms with Gasteiger partial charge in [0.15, 0.2) is 0 Å². The highest BCUT2D eigenvalue weighted by Crippen LogP contribution is 2.49. The van der Waals surface area contributed by atoms with Gasteiger partial charge >= 0.3 is 5.97 Å². The quantitative estimate of drug-likeness (QED) is 0.689. The number of anilines is 1. The molecule has 0 radical (unpaired) electrons. The lowest BCUT2D eigenvalue weighted by molar-refractivity contribution is -0.143. The summed E-state index contributed by atoms with van der Waals surface area (Å²) in [6.07, 6.45) is 2.38. The van der Waals surface area contributed by atoms with Crippen molar-refractivity contribution in [1.82, 2.24) is 0 Å². The third-order valence-electron chi connectivity index (χ3n) is 5.57. The van der Waals surface area contributed by atoms with E-state index >= 15 is 0 Å². The number of rotatable bonds is 6. The van der Waals surface area contributed by atoms with Gasteiger partial charge in [0.1, 0.15) is 0 Å². The van der Waals surface area contributed by atoms with Crippen molar-refractivity contribution >= 4 is 22.4 Å². The second kappa shape index (κ2) is 7.07. The van der Waals surface area contributed by atoms with Crippen molar-refractivity contribution in [3.05, 3.63) is 42.0 Å². The Morgan fingerprint density at radius 2 is 1.92 bits per heavy atom. The fraction of sp³-hybridized carbons (Fsp3) is 0.500. The van der Waals surface area contributed by atoms with E-state index in [0.29, 0.717) is 19.1 Å². The first-order valence-corrected chi connectivity index (χ1v) is 9.45. The molecule has 1 atom stereocenters. The predicted octanol–water partition coefficient (Wildman–Crippen LogP) is 5.06. The summed E-state index contributed by atoms with van der Waals surface area (Å²) in [6.45, 7) is 10.2. The van der Waals surface area contributed by atoms with E-state index in [1.54, 1.807) is 0 Å². The highest BCUT2D eigenvalue weighted by Gasteiger charge is 2.44. The molecule has 3 rings (SSSR count). The Labute approximate surface area is 151 Å². The third kappa shape index (κ3) is 3.12. The van der Waals surface area contributed by atoms with Crippen LogP contribution in [0.5, 0.6) is 0 Å². The maximum Gasteiger partial charge on any atom is 0.305 e. The van der Waals surface area contributed by atoms with Gasteiger partial charge in [0.2, 0.25) is 0 Å². The molecule has 0 saturated carbocycles. The lowest BCUT2D eigenvalue weighted by Gasteiger charge is -2.34. The summed E-state index contributed by atoms with van der Waals surface area (Å²) in [7, 11) is 0. The fourth-order valence-electron chi connectivity index (χ4n) is 4.48. The number of hydrogen-bond acceptors (Lipinski definition) is 3. The van der Waals surface area contributed by atoms with Crippen LogP contribution < -0.4 is 4.90 Å². The summed E-state index contributed by atoms with van der Waals surface area (Å²) in [5.74, 6) is -0.0793. The summed E-state index contributed by atoms with van der Waals surface area (Å²) in [4.78, 5) is 14.2. The molecule has 1 unspecified atom stereocenters. The van der Waals surface area contributed by atoms with Crippen LogP contribution in [0.3, 0.4) is 0 Å². The zero-order valence-electron chi connectivity index (χ0n) is 15.8. The minimum atomic E-state index is -0.0793. The van der Waals surface area contributed by atoms with Crippen molar-refractivity contribution in [2.45, 2.75) is 58.4 Å². The van der Waals surface area contributed by atoms with Crippen LogP contribution in [0.2, 0.25) is 0 Å². The van der Waals surface area contributed by atoms with Crippen molar-refractivity contribution in [3.8, 4) is 0 Å². The Balaban J connectivity index is 1.90. The number of hydrogen-bond donors (Lipinski definition) is 0. The molecule has 0 N–H and O–H groups in total. The molecule has 0 fully saturated rings. The first kappa shape index (κ1) is 17.8. The zero-order valence-corrected chi connectivity index (χ0v) is 15.8. The monoisotopic (exact) mass is 339 g/mol. The maximum absolute atomic E-state index is 11.7. The summed E-state index contributed by atoms with van der Waals surface area (Å²) < 4.78 is 5.08.